The monoisotopic (exact) mass is 329 g/mol. The van der Waals surface area contributed by atoms with Crippen LogP contribution in [-0.2, 0) is 20.8 Å². The minimum Gasteiger partial charge on any atom is -0.466 e. The maximum Gasteiger partial charge on any atom is 0.491 e. The van der Waals surface area contributed by atoms with E-state index >= 15 is 0 Å². The van der Waals surface area contributed by atoms with Crippen LogP contribution in [0.5, 0.6) is 0 Å². The van der Waals surface area contributed by atoms with Gasteiger partial charge < -0.3 is 19.7 Å². The van der Waals surface area contributed by atoms with Crippen LogP contribution in [0.3, 0.4) is 0 Å². The lowest BCUT2D eigenvalue weighted by Gasteiger charge is -2.27. The lowest BCUT2D eigenvalue weighted by molar-refractivity contribution is -0.149. The van der Waals surface area contributed by atoms with Crippen LogP contribution in [-0.4, -0.2) is 36.7 Å². The van der Waals surface area contributed by atoms with Gasteiger partial charge >= 0.3 is 13.1 Å². The summed E-state index contributed by atoms with van der Waals surface area (Å²) >= 11 is 0. The van der Waals surface area contributed by atoms with Crippen LogP contribution in [0.2, 0.25) is 0 Å². The van der Waals surface area contributed by atoms with Crippen molar-refractivity contribution in [1.29, 1.82) is 0 Å². The van der Waals surface area contributed by atoms with Crippen LogP contribution in [0, 0.1) is 5.92 Å². The minimum atomic E-state index is -0.988. The number of fused-ring (bicyclic) bond motifs is 1. The molecular weight excluding hydrogens is 309 g/mol. The Balaban J connectivity index is 1.72. The third kappa shape index (κ3) is 3.37. The second kappa shape index (κ2) is 7.19. The molecule has 0 bridgehead atoms. The zero-order chi connectivity index (χ0) is 17.1. The number of esters is 1. The number of amides is 1. The predicted molar refractivity (Wildman–Crippen MR) is 88.6 cm³/mol. The van der Waals surface area contributed by atoms with Gasteiger partial charge in [0, 0.05) is 11.6 Å². The van der Waals surface area contributed by atoms with Gasteiger partial charge in [-0.25, -0.2) is 0 Å². The molecular formula is C17H20BNO5. The lowest BCUT2D eigenvalue weighted by Crippen LogP contribution is -2.45. The fraction of sp³-hybridized carbons (Fsp3) is 0.412. The molecule has 0 aromatic heterocycles. The zero-order valence-corrected chi connectivity index (χ0v) is 13.5. The molecule has 1 amide bonds. The molecule has 7 heteroatoms. The number of hydrogen-bond donors (Lipinski definition) is 2. The van der Waals surface area contributed by atoms with E-state index in [1.165, 1.54) is 0 Å². The average molecular weight is 329 g/mol. The summed E-state index contributed by atoms with van der Waals surface area (Å²) in [7, 11) is -0.988. The highest BCUT2D eigenvalue weighted by molar-refractivity contribution is 6.61. The van der Waals surface area contributed by atoms with E-state index in [9.17, 15) is 14.6 Å². The minimum absolute atomic E-state index is 0.272. The van der Waals surface area contributed by atoms with Gasteiger partial charge in [0.05, 0.1) is 19.1 Å². The van der Waals surface area contributed by atoms with E-state index in [-0.39, 0.29) is 23.8 Å². The van der Waals surface area contributed by atoms with Crippen molar-refractivity contribution in [3.05, 3.63) is 41.5 Å². The predicted octanol–water partition coefficient (Wildman–Crippen LogP) is 0.532. The van der Waals surface area contributed by atoms with Gasteiger partial charge in [-0.15, -0.1) is 0 Å². The Morgan fingerprint density at radius 2 is 2.17 bits per heavy atom. The zero-order valence-electron chi connectivity index (χ0n) is 13.5. The molecule has 2 unspecified atom stereocenters. The van der Waals surface area contributed by atoms with E-state index in [4.69, 9.17) is 9.39 Å². The molecule has 2 aliphatic rings. The van der Waals surface area contributed by atoms with Gasteiger partial charge in [0.1, 0.15) is 0 Å². The first-order valence-corrected chi connectivity index (χ1v) is 8.15. The van der Waals surface area contributed by atoms with Gasteiger partial charge in [-0.3, -0.25) is 9.59 Å². The fourth-order valence-corrected chi connectivity index (χ4v) is 3.09. The highest BCUT2D eigenvalue weighted by Gasteiger charge is 2.32. The summed E-state index contributed by atoms with van der Waals surface area (Å²) in [6.07, 6.45) is 5.04. The second-order valence-electron chi connectivity index (χ2n) is 5.96. The van der Waals surface area contributed by atoms with Gasteiger partial charge in [0.15, 0.2) is 0 Å². The van der Waals surface area contributed by atoms with E-state index in [0.29, 0.717) is 37.1 Å². The summed E-state index contributed by atoms with van der Waals surface area (Å²) in [5.41, 5.74) is 1.94. The molecule has 126 valence electrons. The summed E-state index contributed by atoms with van der Waals surface area (Å²) in [6.45, 7) is 2.43. The summed E-state index contributed by atoms with van der Waals surface area (Å²) in [5, 5.41) is 12.7. The Kier molecular flexibility index (Phi) is 5.01. The van der Waals surface area contributed by atoms with Crippen molar-refractivity contribution in [3.63, 3.8) is 0 Å². The lowest BCUT2D eigenvalue weighted by atomic mass is 9.78. The molecule has 2 atom stereocenters. The highest BCUT2D eigenvalue weighted by atomic mass is 16.5. The highest BCUT2D eigenvalue weighted by Crippen LogP contribution is 2.21. The van der Waals surface area contributed by atoms with Crippen molar-refractivity contribution in [2.75, 3.05) is 6.61 Å². The summed E-state index contributed by atoms with van der Waals surface area (Å²) < 4.78 is 10.2. The van der Waals surface area contributed by atoms with Crippen LogP contribution < -0.4 is 10.8 Å². The van der Waals surface area contributed by atoms with Crippen molar-refractivity contribution in [1.82, 2.24) is 5.32 Å². The van der Waals surface area contributed by atoms with E-state index in [1.807, 2.05) is 12.2 Å². The Bertz CT molecular complexity index is 675. The summed E-state index contributed by atoms with van der Waals surface area (Å²) in [6, 6.07) is 4.83. The number of benzene rings is 1. The number of hydrogen-bond acceptors (Lipinski definition) is 5. The SMILES string of the molecule is CCOC(=O)C1CC=CCC1NC(=O)c1ccc2c(c1)B(O)OC2. The molecule has 0 saturated carbocycles. The first-order chi connectivity index (χ1) is 11.6. The smallest absolute Gasteiger partial charge is 0.466 e. The second-order valence-corrected chi connectivity index (χ2v) is 5.96. The average Bonchev–Trinajstić information content (AvgIpc) is 2.96. The largest absolute Gasteiger partial charge is 0.491 e. The molecule has 0 saturated heterocycles. The molecule has 2 N–H and O–H groups in total. The Morgan fingerprint density at radius 1 is 1.38 bits per heavy atom. The number of ether oxygens (including phenoxy) is 1. The molecule has 0 fully saturated rings. The first-order valence-electron chi connectivity index (χ1n) is 8.15. The van der Waals surface area contributed by atoms with Crippen molar-refractivity contribution in [3.8, 4) is 0 Å². The van der Waals surface area contributed by atoms with E-state index in [2.05, 4.69) is 5.32 Å². The molecule has 24 heavy (non-hydrogen) atoms. The van der Waals surface area contributed by atoms with Crippen LogP contribution >= 0.6 is 0 Å². The Morgan fingerprint density at radius 3 is 2.96 bits per heavy atom. The first kappa shape index (κ1) is 16.7. The number of carbonyl (C=O) groups excluding carboxylic acids is 2. The van der Waals surface area contributed by atoms with Crippen LogP contribution in [0.4, 0.5) is 0 Å². The van der Waals surface area contributed by atoms with Crippen molar-refractivity contribution < 1.29 is 24.0 Å². The Hall–Kier alpha value is -2.12. The molecule has 1 heterocycles. The van der Waals surface area contributed by atoms with Gasteiger partial charge in [-0.2, -0.15) is 0 Å². The van der Waals surface area contributed by atoms with Gasteiger partial charge in [0.2, 0.25) is 0 Å². The molecule has 1 aromatic carbocycles. The maximum atomic E-state index is 12.5. The molecule has 1 aliphatic heterocycles. The van der Waals surface area contributed by atoms with Crippen molar-refractivity contribution in [2.24, 2.45) is 5.92 Å². The fourth-order valence-electron chi connectivity index (χ4n) is 3.09. The van der Waals surface area contributed by atoms with Crippen molar-refractivity contribution in [2.45, 2.75) is 32.4 Å². The standard InChI is InChI=1S/C17H20BNO5/c1-2-23-17(21)13-5-3-4-6-15(13)19-16(20)11-7-8-12-10-24-18(22)14(12)9-11/h3-4,7-9,13,15,22H,2,5-6,10H2,1H3,(H,19,20). The van der Waals surface area contributed by atoms with E-state index in [1.54, 1.807) is 25.1 Å². The molecule has 1 aliphatic carbocycles. The van der Waals surface area contributed by atoms with Gasteiger partial charge in [-0.05, 0) is 42.9 Å². The third-order valence-corrected chi connectivity index (χ3v) is 4.41. The van der Waals surface area contributed by atoms with Crippen LogP contribution in [0.1, 0.15) is 35.7 Å². The third-order valence-electron chi connectivity index (χ3n) is 4.41. The molecule has 0 spiro atoms. The summed E-state index contributed by atoms with van der Waals surface area (Å²) in [5.74, 6) is -0.932. The van der Waals surface area contributed by atoms with Gasteiger partial charge in [-0.1, -0.05) is 18.2 Å². The number of nitrogens with one attached hydrogen (secondary N) is 1. The maximum absolute atomic E-state index is 12.5. The topological polar surface area (TPSA) is 84.9 Å². The summed E-state index contributed by atoms with van der Waals surface area (Å²) in [4.78, 5) is 24.6. The Labute approximate surface area is 141 Å². The molecule has 1 aromatic rings. The number of allylic oxidation sites excluding steroid dienone is 1. The number of carbonyl (C=O) groups is 2. The van der Waals surface area contributed by atoms with E-state index < -0.39 is 7.12 Å². The number of rotatable bonds is 4. The normalized spacial score (nSPS) is 22.2. The quantitative estimate of drug-likeness (QED) is 0.478. The molecule has 6 nitrogen and oxygen atoms in total. The van der Waals surface area contributed by atoms with Crippen LogP contribution in [0.15, 0.2) is 30.4 Å². The van der Waals surface area contributed by atoms with Crippen LogP contribution in [0.25, 0.3) is 0 Å². The molecule has 3 rings (SSSR count). The van der Waals surface area contributed by atoms with E-state index in [0.717, 1.165) is 5.56 Å². The van der Waals surface area contributed by atoms with Crippen molar-refractivity contribution >= 4 is 24.5 Å². The molecule has 0 radical (unpaired) electrons. The van der Waals surface area contributed by atoms with Gasteiger partial charge in [0.25, 0.3) is 5.91 Å².